The Kier molecular flexibility index (Phi) is 15.6. The van der Waals surface area contributed by atoms with Crippen molar-refractivity contribution in [2.24, 2.45) is 0 Å². The lowest BCUT2D eigenvalue weighted by atomic mass is 10.1. The summed E-state index contributed by atoms with van der Waals surface area (Å²) in [4.78, 5) is 21.0. The van der Waals surface area contributed by atoms with Crippen LogP contribution in [0.4, 0.5) is 0 Å². The van der Waals surface area contributed by atoms with Crippen LogP contribution >= 0.6 is 7.82 Å². The molecule has 29 heavy (non-hydrogen) atoms. The van der Waals surface area contributed by atoms with Crippen molar-refractivity contribution in [1.82, 2.24) is 0 Å². The molecule has 172 valence electrons. The van der Waals surface area contributed by atoms with Gasteiger partial charge in [0.25, 0.3) is 0 Å². The Hall–Kier alpha value is -0.720. The van der Waals surface area contributed by atoms with Gasteiger partial charge in [0.1, 0.15) is 6.61 Å². The third kappa shape index (κ3) is 14.0. The van der Waals surface area contributed by atoms with Crippen LogP contribution < -0.4 is 0 Å². The lowest BCUT2D eigenvalue weighted by molar-refractivity contribution is -0.929. The highest BCUT2D eigenvalue weighted by molar-refractivity contribution is 7.47. The summed E-state index contributed by atoms with van der Waals surface area (Å²) < 4.78 is 27.8. The van der Waals surface area contributed by atoms with Crippen LogP contribution in [0.25, 0.3) is 0 Å². The minimum atomic E-state index is -4.14. The topological polar surface area (TPSA) is 82.1 Å². The summed E-state index contributed by atoms with van der Waals surface area (Å²) in [7, 11) is -4.14. The molecule has 0 aromatic rings. The van der Waals surface area contributed by atoms with E-state index in [0.29, 0.717) is 6.42 Å². The summed E-state index contributed by atoms with van der Waals surface area (Å²) in [6, 6.07) is 0. The molecule has 0 heterocycles. The van der Waals surface area contributed by atoms with Crippen LogP contribution in [0.2, 0.25) is 0 Å². The Balaban J connectivity index is 4.45. The molecule has 0 saturated heterocycles. The molecule has 8 heteroatoms. The lowest BCUT2D eigenvalue weighted by Gasteiger charge is -2.39. The van der Waals surface area contributed by atoms with Gasteiger partial charge < -0.3 is 14.1 Å². The van der Waals surface area contributed by atoms with E-state index in [-0.39, 0.29) is 25.4 Å². The summed E-state index contributed by atoms with van der Waals surface area (Å²) in [5.74, 6) is -0.553. The van der Waals surface area contributed by atoms with Gasteiger partial charge >= 0.3 is 13.8 Å². The Morgan fingerprint density at radius 1 is 0.862 bits per heavy atom. The summed E-state index contributed by atoms with van der Waals surface area (Å²) in [6.07, 6.45) is 7.80. The van der Waals surface area contributed by atoms with Crippen molar-refractivity contribution in [3.63, 3.8) is 0 Å². The smallest absolute Gasteiger partial charge is 0.460 e. The van der Waals surface area contributed by atoms with E-state index in [0.717, 1.165) is 30.7 Å². The molecule has 0 bridgehead atoms. The molecule has 0 radical (unpaired) electrons. The first kappa shape index (κ1) is 28.3. The van der Waals surface area contributed by atoms with E-state index < -0.39 is 13.8 Å². The maximum Gasteiger partial charge on any atom is 0.472 e. The number of carbonyl (C=O) groups is 1. The number of nitrogens with zero attached hydrogens (tertiary/aromatic N) is 1. The molecule has 0 aliphatic rings. The van der Waals surface area contributed by atoms with E-state index >= 15 is 0 Å². The normalized spacial score (nSPS) is 13.8. The number of hydrogen-bond donors (Lipinski definition) is 1. The standard InChI is InChI=1S/C21H42NO6P/c1-6-9-13-22(14-10-7-2,15-11-8-3)16-12-17-27-29(24,25)28-19-18-26-21(23)20(4)5/h4,6-19H2,1-3,5H3/p+1. The molecular formula is C21H43NO6P+. The van der Waals surface area contributed by atoms with Crippen LogP contribution in [-0.4, -0.2) is 61.3 Å². The highest BCUT2D eigenvalue weighted by atomic mass is 31.2. The van der Waals surface area contributed by atoms with Crippen molar-refractivity contribution in [2.45, 2.75) is 72.6 Å². The lowest BCUT2D eigenvalue weighted by Crippen LogP contribution is -2.51. The van der Waals surface area contributed by atoms with Crippen molar-refractivity contribution < 1.29 is 32.5 Å². The van der Waals surface area contributed by atoms with Crippen LogP contribution in [0.1, 0.15) is 72.6 Å². The fraction of sp³-hybridized carbons (Fsp3) is 0.857. The van der Waals surface area contributed by atoms with Gasteiger partial charge in [-0.15, -0.1) is 0 Å². The van der Waals surface area contributed by atoms with Gasteiger partial charge in [-0.3, -0.25) is 9.05 Å². The van der Waals surface area contributed by atoms with Crippen molar-refractivity contribution in [3.8, 4) is 0 Å². The van der Waals surface area contributed by atoms with Crippen molar-refractivity contribution in [2.75, 3.05) is 46.0 Å². The van der Waals surface area contributed by atoms with Gasteiger partial charge in [-0.2, -0.15) is 0 Å². The SMILES string of the molecule is C=C(C)C(=O)OCCOP(=O)(O)OCCC[N+](CCCC)(CCCC)CCCC. The summed E-state index contributed by atoms with van der Waals surface area (Å²) in [5.41, 5.74) is 0.268. The predicted octanol–water partition coefficient (Wildman–Crippen LogP) is 4.85. The van der Waals surface area contributed by atoms with Crippen molar-refractivity contribution in [1.29, 1.82) is 0 Å². The number of hydrogen-bond acceptors (Lipinski definition) is 5. The maximum absolute atomic E-state index is 12.0. The highest BCUT2D eigenvalue weighted by Crippen LogP contribution is 2.43. The fourth-order valence-electron chi connectivity index (χ4n) is 3.18. The monoisotopic (exact) mass is 436 g/mol. The molecule has 0 saturated carbocycles. The summed E-state index contributed by atoms with van der Waals surface area (Å²) in [6.45, 7) is 15.9. The Labute approximate surface area is 177 Å². The average Bonchev–Trinajstić information content (AvgIpc) is 2.69. The minimum Gasteiger partial charge on any atom is -0.460 e. The van der Waals surface area contributed by atoms with E-state index in [1.807, 2.05) is 0 Å². The van der Waals surface area contributed by atoms with Gasteiger partial charge in [0, 0.05) is 12.0 Å². The highest BCUT2D eigenvalue weighted by Gasteiger charge is 2.27. The summed E-state index contributed by atoms with van der Waals surface area (Å²) in [5, 5.41) is 0. The molecule has 0 aliphatic heterocycles. The predicted molar refractivity (Wildman–Crippen MR) is 117 cm³/mol. The molecule has 1 N–H and O–H groups in total. The molecular weight excluding hydrogens is 393 g/mol. The molecule has 1 atom stereocenters. The van der Waals surface area contributed by atoms with Gasteiger partial charge in [-0.25, -0.2) is 9.36 Å². The second kappa shape index (κ2) is 16.0. The van der Waals surface area contributed by atoms with Crippen LogP contribution in [-0.2, 0) is 23.1 Å². The van der Waals surface area contributed by atoms with Gasteiger partial charge in [0.2, 0.25) is 0 Å². The van der Waals surface area contributed by atoms with E-state index in [4.69, 9.17) is 13.8 Å². The van der Waals surface area contributed by atoms with Crippen LogP contribution in [0.5, 0.6) is 0 Å². The average molecular weight is 437 g/mol. The van der Waals surface area contributed by atoms with Gasteiger partial charge in [0.15, 0.2) is 0 Å². The zero-order valence-electron chi connectivity index (χ0n) is 19.0. The molecule has 0 fully saturated rings. The zero-order chi connectivity index (χ0) is 22.2. The van der Waals surface area contributed by atoms with Crippen LogP contribution in [0.15, 0.2) is 12.2 Å². The van der Waals surface area contributed by atoms with E-state index in [9.17, 15) is 14.3 Å². The molecule has 0 aliphatic carbocycles. The largest absolute Gasteiger partial charge is 0.472 e. The van der Waals surface area contributed by atoms with E-state index in [1.165, 1.54) is 45.4 Å². The quantitative estimate of drug-likeness (QED) is 0.103. The van der Waals surface area contributed by atoms with Gasteiger partial charge in [0.05, 0.1) is 39.4 Å². The number of esters is 1. The Bertz CT molecular complexity index is 490. The Morgan fingerprint density at radius 2 is 1.31 bits per heavy atom. The molecule has 0 rings (SSSR count). The van der Waals surface area contributed by atoms with E-state index in [2.05, 4.69) is 27.4 Å². The number of unbranched alkanes of at least 4 members (excludes halogenated alkanes) is 3. The second-order valence-corrected chi connectivity index (χ2v) is 9.16. The summed E-state index contributed by atoms with van der Waals surface area (Å²) >= 11 is 0. The molecule has 7 nitrogen and oxygen atoms in total. The third-order valence-electron chi connectivity index (χ3n) is 4.91. The fourth-order valence-corrected chi connectivity index (χ4v) is 3.92. The van der Waals surface area contributed by atoms with Crippen LogP contribution in [0, 0.1) is 0 Å². The molecule has 0 aromatic carbocycles. The maximum atomic E-state index is 12.0. The van der Waals surface area contributed by atoms with Crippen molar-refractivity contribution in [3.05, 3.63) is 12.2 Å². The zero-order valence-corrected chi connectivity index (χ0v) is 19.9. The number of rotatable bonds is 19. The van der Waals surface area contributed by atoms with Gasteiger partial charge in [-0.1, -0.05) is 46.6 Å². The molecule has 1 unspecified atom stereocenters. The molecule has 0 spiro atoms. The first-order valence-corrected chi connectivity index (χ1v) is 12.5. The second-order valence-electron chi connectivity index (χ2n) is 7.70. The number of phosphoric ester groups is 1. The number of carbonyl (C=O) groups excluding carboxylic acids is 1. The minimum absolute atomic E-state index is 0.120. The Morgan fingerprint density at radius 3 is 1.76 bits per heavy atom. The number of quaternary nitrogens is 1. The van der Waals surface area contributed by atoms with E-state index in [1.54, 1.807) is 0 Å². The first-order chi connectivity index (χ1) is 13.7. The number of ether oxygens (including phenoxy) is 1. The molecule has 0 aromatic heterocycles. The van der Waals surface area contributed by atoms with Gasteiger partial charge in [-0.05, 0) is 26.2 Å². The number of phosphoric acid groups is 1. The van der Waals surface area contributed by atoms with Crippen molar-refractivity contribution >= 4 is 13.8 Å². The first-order valence-electron chi connectivity index (χ1n) is 11.0. The third-order valence-corrected chi connectivity index (χ3v) is 5.93. The van der Waals surface area contributed by atoms with Crippen LogP contribution in [0.3, 0.4) is 0 Å². The molecule has 0 amide bonds.